The van der Waals surface area contributed by atoms with Crippen LogP contribution in [0.1, 0.15) is 26.2 Å². The van der Waals surface area contributed by atoms with Crippen LogP contribution in [0, 0.1) is 11.8 Å². The Hall–Kier alpha value is -0.830. The molecule has 1 fully saturated rings. The van der Waals surface area contributed by atoms with Crippen molar-refractivity contribution in [3.05, 3.63) is 12.2 Å². The Kier molecular flexibility index (Phi) is 4.14. The molecule has 1 aliphatic rings. The zero-order chi connectivity index (χ0) is 10.6. The highest BCUT2D eigenvalue weighted by Crippen LogP contribution is 2.31. The lowest BCUT2D eigenvalue weighted by Gasteiger charge is -2.16. The monoisotopic (exact) mass is 198 g/mol. The third-order valence-corrected chi connectivity index (χ3v) is 2.83. The largest absolute Gasteiger partial charge is 0.462 e. The molecule has 0 heterocycles. The van der Waals surface area contributed by atoms with Gasteiger partial charge in [-0.2, -0.15) is 0 Å². The van der Waals surface area contributed by atoms with Crippen molar-refractivity contribution in [2.75, 3.05) is 13.2 Å². The molecular weight excluding hydrogens is 180 g/mol. The number of aliphatic hydroxyl groups is 1. The van der Waals surface area contributed by atoms with Gasteiger partial charge in [-0.05, 0) is 31.6 Å². The van der Waals surface area contributed by atoms with E-state index in [1.54, 1.807) is 6.92 Å². The molecule has 0 aromatic rings. The molecule has 80 valence electrons. The van der Waals surface area contributed by atoms with Crippen LogP contribution in [0.5, 0.6) is 0 Å². The highest BCUT2D eigenvalue weighted by Gasteiger charge is 2.27. The highest BCUT2D eigenvalue weighted by molar-refractivity contribution is 5.86. The second-order valence-corrected chi connectivity index (χ2v) is 4.01. The maximum absolute atomic E-state index is 11.1. The fourth-order valence-corrected chi connectivity index (χ4v) is 1.88. The third-order valence-electron chi connectivity index (χ3n) is 2.83. The van der Waals surface area contributed by atoms with Gasteiger partial charge in [0.2, 0.25) is 0 Å². The molecule has 3 nitrogen and oxygen atoms in total. The summed E-state index contributed by atoms with van der Waals surface area (Å²) in [6, 6.07) is 0. The summed E-state index contributed by atoms with van der Waals surface area (Å²) in [7, 11) is 0. The first-order valence-corrected chi connectivity index (χ1v) is 5.08. The lowest BCUT2D eigenvalue weighted by Crippen LogP contribution is -2.20. The van der Waals surface area contributed by atoms with Crippen LogP contribution in [0.15, 0.2) is 12.2 Å². The van der Waals surface area contributed by atoms with Gasteiger partial charge in [-0.25, -0.2) is 4.79 Å². The van der Waals surface area contributed by atoms with Gasteiger partial charge in [-0.15, -0.1) is 0 Å². The van der Waals surface area contributed by atoms with Crippen molar-refractivity contribution in [3.8, 4) is 0 Å². The van der Waals surface area contributed by atoms with Crippen molar-refractivity contribution in [1.82, 2.24) is 0 Å². The standard InChI is InChI=1S/C11H18O3/c1-8(2)11(13)14-7-10-5-3-4-9(10)6-12/h9-10,12H,1,3-7H2,2H3. The van der Waals surface area contributed by atoms with E-state index in [0.717, 1.165) is 19.3 Å². The van der Waals surface area contributed by atoms with Crippen LogP contribution in [0.3, 0.4) is 0 Å². The van der Waals surface area contributed by atoms with E-state index in [-0.39, 0.29) is 12.6 Å². The van der Waals surface area contributed by atoms with Crippen molar-refractivity contribution in [1.29, 1.82) is 0 Å². The summed E-state index contributed by atoms with van der Waals surface area (Å²) in [4.78, 5) is 11.1. The van der Waals surface area contributed by atoms with Crippen LogP contribution in [0.25, 0.3) is 0 Å². The van der Waals surface area contributed by atoms with E-state index >= 15 is 0 Å². The number of aliphatic hydroxyl groups excluding tert-OH is 1. The summed E-state index contributed by atoms with van der Waals surface area (Å²) in [5, 5.41) is 9.05. The van der Waals surface area contributed by atoms with E-state index < -0.39 is 0 Å². The number of esters is 1. The molecule has 1 saturated carbocycles. The van der Waals surface area contributed by atoms with Gasteiger partial charge in [0.25, 0.3) is 0 Å². The molecule has 0 aromatic heterocycles. The zero-order valence-corrected chi connectivity index (χ0v) is 8.66. The first kappa shape index (κ1) is 11.2. The number of rotatable bonds is 4. The van der Waals surface area contributed by atoms with Crippen molar-refractivity contribution in [3.63, 3.8) is 0 Å². The average Bonchev–Trinajstić information content (AvgIpc) is 2.60. The van der Waals surface area contributed by atoms with Crippen molar-refractivity contribution >= 4 is 5.97 Å². The number of ether oxygens (including phenoxy) is 1. The van der Waals surface area contributed by atoms with E-state index in [2.05, 4.69) is 6.58 Å². The SMILES string of the molecule is C=C(C)C(=O)OCC1CCCC1CO. The Morgan fingerprint density at radius 1 is 1.50 bits per heavy atom. The number of carbonyl (C=O) groups excluding carboxylic acids is 1. The van der Waals surface area contributed by atoms with Crippen LogP contribution in [-0.2, 0) is 9.53 Å². The number of hydrogen-bond acceptors (Lipinski definition) is 3. The maximum Gasteiger partial charge on any atom is 0.333 e. The van der Waals surface area contributed by atoms with Crippen LogP contribution in [-0.4, -0.2) is 24.3 Å². The Morgan fingerprint density at radius 2 is 2.14 bits per heavy atom. The summed E-state index contributed by atoms with van der Waals surface area (Å²) < 4.78 is 5.07. The Bertz CT molecular complexity index is 223. The van der Waals surface area contributed by atoms with Crippen LogP contribution < -0.4 is 0 Å². The molecule has 0 spiro atoms. The Balaban J connectivity index is 2.30. The van der Waals surface area contributed by atoms with E-state index in [1.165, 1.54) is 0 Å². The van der Waals surface area contributed by atoms with Gasteiger partial charge < -0.3 is 9.84 Å². The molecule has 2 atom stereocenters. The van der Waals surface area contributed by atoms with Gasteiger partial charge in [0.1, 0.15) is 0 Å². The minimum Gasteiger partial charge on any atom is -0.462 e. The molecule has 0 bridgehead atoms. The summed E-state index contributed by atoms with van der Waals surface area (Å²) in [6.07, 6.45) is 3.22. The fraction of sp³-hybridized carbons (Fsp3) is 0.727. The van der Waals surface area contributed by atoms with E-state index in [1.807, 2.05) is 0 Å². The molecule has 3 heteroatoms. The highest BCUT2D eigenvalue weighted by atomic mass is 16.5. The Morgan fingerprint density at radius 3 is 2.71 bits per heavy atom. The molecule has 0 aromatic carbocycles. The van der Waals surface area contributed by atoms with Gasteiger partial charge in [0.05, 0.1) is 6.61 Å². The predicted octanol–water partition coefficient (Wildman–Crippen LogP) is 1.51. The van der Waals surface area contributed by atoms with Gasteiger partial charge in [-0.1, -0.05) is 13.0 Å². The molecule has 0 aliphatic heterocycles. The zero-order valence-electron chi connectivity index (χ0n) is 8.66. The van der Waals surface area contributed by atoms with Gasteiger partial charge in [0, 0.05) is 12.2 Å². The smallest absolute Gasteiger partial charge is 0.333 e. The molecule has 0 saturated heterocycles. The van der Waals surface area contributed by atoms with E-state index in [9.17, 15) is 4.79 Å². The molecule has 1 rings (SSSR count). The number of carbonyl (C=O) groups is 1. The normalized spacial score (nSPS) is 26.1. The van der Waals surface area contributed by atoms with Crippen LogP contribution >= 0.6 is 0 Å². The number of hydrogen-bond donors (Lipinski definition) is 1. The van der Waals surface area contributed by atoms with Gasteiger partial charge in [0.15, 0.2) is 0 Å². The van der Waals surface area contributed by atoms with E-state index in [4.69, 9.17) is 9.84 Å². The topological polar surface area (TPSA) is 46.5 Å². The second kappa shape index (κ2) is 5.15. The van der Waals surface area contributed by atoms with Crippen LogP contribution in [0.2, 0.25) is 0 Å². The predicted molar refractivity (Wildman–Crippen MR) is 53.7 cm³/mol. The average molecular weight is 198 g/mol. The second-order valence-electron chi connectivity index (χ2n) is 4.01. The molecule has 1 N–H and O–H groups in total. The summed E-state index contributed by atoms with van der Waals surface area (Å²) in [5.74, 6) is 0.324. The van der Waals surface area contributed by atoms with E-state index in [0.29, 0.717) is 24.0 Å². The van der Waals surface area contributed by atoms with Crippen molar-refractivity contribution < 1.29 is 14.6 Å². The summed E-state index contributed by atoms with van der Waals surface area (Å²) in [5.41, 5.74) is 0.434. The van der Waals surface area contributed by atoms with Crippen LogP contribution in [0.4, 0.5) is 0 Å². The summed E-state index contributed by atoms with van der Waals surface area (Å²) in [6.45, 7) is 5.79. The van der Waals surface area contributed by atoms with Gasteiger partial charge in [-0.3, -0.25) is 0 Å². The fourth-order valence-electron chi connectivity index (χ4n) is 1.88. The molecule has 1 aliphatic carbocycles. The molecule has 0 radical (unpaired) electrons. The quantitative estimate of drug-likeness (QED) is 0.550. The third kappa shape index (κ3) is 2.84. The molecule has 14 heavy (non-hydrogen) atoms. The maximum atomic E-state index is 11.1. The molecule has 0 amide bonds. The lowest BCUT2D eigenvalue weighted by molar-refractivity contribution is -0.140. The van der Waals surface area contributed by atoms with Crippen molar-refractivity contribution in [2.24, 2.45) is 11.8 Å². The summed E-state index contributed by atoms with van der Waals surface area (Å²) >= 11 is 0. The lowest BCUT2D eigenvalue weighted by atomic mass is 9.98. The Labute approximate surface area is 84.8 Å². The van der Waals surface area contributed by atoms with Gasteiger partial charge >= 0.3 is 5.97 Å². The first-order valence-electron chi connectivity index (χ1n) is 5.08. The first-order chi connectivity index (χ1) is 6.65. The molecular formula is C11H18O3. The minimum absolute atomic E-state index is 0.204. The minimum atomic E-state index is -0.325. The van der Waals surface area contributed by atoms with Crippen molar-refractivity contribution in [2.45, 2.75) is 26.2 Å². The molecule has 2 unspecified atom stereocenters.